The minimum absolute atomic E-state index is 0.0163. The highest BCUT2D eigenvalue weighted by Crippen LogP contribution is 2.36. The lowest BCUT2D eigenvalue weighted by atomic mass is 10.0. The molecular weight excluding hydrogens is 246 g/mol. The number of ether oxygens (including phenoxy) is 1. The number of benzene rings is 1. The van der Waals surface area contributed by atoms with Gasteiger partial charge in [0.25, 0.3) is 0 Å². The van der Waals surface area contributed by atoms with Crippen LogP contribution in [0.3, 0.4) is 0 Å². The molecule has 0 radical (unpaired) electrons. The second-order valence-corrected chi connectivity index (χ2v) is 5.08. The number of aryl methyl sites for hydroxylation is 1. The lowest BCUT2D eigenvalue weighted by molar-refractivity contribution is -0.146. The van der Waals surface area contributed by atoms with Gasteiger partial charge in [0.15, 0.2) is 6.10 Å². The number of amides is 1. The molecule has 1 aromatic carbocycles. The largest absolute Gasteiger partial charge is 0.478 e. The summed E-state index contributed by atoms with van der Waals surface area (Å²) in [6.45, 7) is 0. The van der Waals surface area contributed by atoms with E-state index >= 15 is 0 Å². The minimum Gasteiger partial charge on any atom is -0.478 e. The van der Waals surface area contributed by atoms with E-state index in [1.54, 1.807) is 12.1 Å². The van der Waals surface area contributed by atoms with E-state index in [2.05, 4.69) is 5.32 Å². The molecule has 100 valence electrons. The van der Waals surface area contributed by atoms with E-state index in [0.717, 1.165) is 24.1 Å². The Bertz CT molecular complexity index is 536. The lowest BCUT2D eigenvalue weighted by Gasteiger charge is -2.19. The van der Waals surface area contributed by atoms with Crippen molar-refractivity contribution in [2.45, 2.75) is 31.8 Å². The van der Waals surface area contributed by atoms with Crippen LogP contribution in [-0.4, -0.2) is 23.1 Å². The summed E-state index contributed by atoms with van der Waals surface area (Å²) in [6.07, 6.45) is 2.20. The first-order valence-electron chi connectivity index (χ1n) is 6.46. The maximum absolute atomic E-state index is 11.3. The number of fused-ring (bicyclic) bond motifs is 1. The zero-order chi connectivity index (χ0) is 13.4. The Hall–Kier alpha value is -2.04. The molecule has 1 fully saturated rings. The number of carbonyl (C=O) groups excluding carboxylic acids is 1. The second-order valence-electron chi connectivity index (χ2n) is 5.08. The van der Waals surface area contributed by atoms with Crippen molar-refractivity contribution in [3.05, 3.63) is 23.8 Å². The number of rotatable bonds is 4. The molecule has 0 aromatic heterocycles. The van der Waals surface area contributed by atoms with Gasteiger partial charge in [-0.25, -0.2) is 4.79 Å². The van der Waals surface area contributed by atoms with E-state index in [1.165, 1.54) is 0 Å². The van der Waals surface area contributed by atoms with Crippen molar-refractivity contribution in [2.75, 3.05) is 5.32 Å². The molecule has 5 heteroatoms. The number of hydrogen-bond acceptors (Lipinski definition) is 3. The van der Waals surface area contributed by atoms with E-state index < -0.39 is 12.1 Å². The van der Waals surface area contributed by atoms with Gasteiger partial charge < -0.3 is 15.2 Å². The van der Waals surface area contributed by atoms with Crippen molar-refractivity contribution >= 4 is 17.6 Å². The predicted octanol–water partition coefficient (Wildman–Crippen LogP) is 1.81. The Morgan fingerprint density at radius 3 is 2.84 bits per heavy atom. The fourth-order valence-corrected chi connectivity index (χ4v) is 2.33. The van der Waals surface area contributed by atoms with Crippen molar-refractivity contribution in [3.8, 4) is 5.75 Å². The summed E-state index contributed by atoms with van der Waals surface area (Å²) >= 11 is 0. The molecule has 1 unspecified atom stereocenters. The predicted molar refractivity (Wildman–Crippen MR) is 68.2 cm³/mol. The monoisotopic (exact) mass is 261 g/mol. The zero-order valence-corrected chi connectivity index (χ0v) is 10.4. The Labute approximate surface area is 110 Å². The van der Waals surface area contributed by atoms with Crippen molar-refractivity contribution in [2.24, 2.45) is 5.92 Å². The first kappa shape index (κ1) is 12.0. The van der Waals surface area contributed by atoms with Crippen LogP contribution in [0.4, 0.5) is 5.69 Å². The zero-order valence-electron chi connectivity index (χ0n) is 10.4. The molecule has 3 rings (SSSR count). The molecule has 5 nitrogen and oxygen atoms in total. The Balaban J connectivity index is 1.78. The van der Waals surface area contributed by atoms with Crippen LogP contribution in [-0.2, 0) is 16.0 Å². The van der Waals surface area contributed by atoms with Gasteiger partial charge in [-0.15, -0.1) is 0 Å². The normalized spacial score (nSPS) is 19.3. The highest BCUT2D eigenvalue weighted by molar-refractivity contribution is 5.94. The molecule has 2 aliphatic rings. The van der Waals surface area contributed by atoms with Gasteiger partial charge in [0.2, 0.25) is 5.91 Å². The van der Waals surface area contributed by atoms with Crippen LogP contribution in [0.2, 0.25) is 0 Å². The van der Waals surface area contributed by atoms with Crippen molar-refractivity contribution in [3.63, 3.8) is 0 Å². The smallest absolute Gasteiger partial charge is 0.345 e. The Kier molecular flexibility index (Phi) is 2.89. The SMILES string of the molecule is O=C1CCc2cc(OC(C(=O)O)C3CC3)ccc2N1. The van der Waals surface area contributed by atoms with Crippen LogP contribution < -0.4 is 10.1 Å². The van der Waals surface area contributed by atoms with Gasteiger partial charge in [-0.1, -0.05) is 0 Å². The maximum atomic E-state index is 11.3. The highest BCUT2D eigenvalue weighted by atomic mass is 16.5. The summed E-state index contributed by atoms with van der Waals surface area (Å²) in [7, 11) is 0. The molecule has 0 bridgehead atoms. The molecule has 0 spiro atoms. The number of nitrogens with one attached hydrogen (secondary N) is 1. The Morgan fingerprint density at radius 2 is 2.16 bits per heavy atom. The number of aliphatic carboxylic acids is 1. The molecule has 1 amide bonds. The van der Waals surface area contributed by atoms with Gasteiger partial charge in [0.05, 0.1) is 0 Å². The fourth-order valence-electron chi connectivity index (χ4n) is 2.33. The number of anilines is 1. The topological polar surface area (TPSA) is 75.6 Å². The number of hydrogen-bond donors (Lipinski definition) is 2. The fraction of sp³-hybridized carbons (Fsp3) is 0.429. The van der Waals surface area contributed by atoms with E-state index in [9.17, 15) is 9.59 Å². The maximum Gasteiger partial charge on any atom is 0.345 e. The first-order valence-corrected chi connectivity index (χ1v) is 6.46. The minimum atomic E-state index is -0.909. The number of carbonyl (C=O) groups is 2. The summed E-state index contributed by atoms with van der Waals surface area (Å²) in [5.74, 6) is -0.196. The first-order chi connectivity index (χ1) is 9.13. The van der Waals surface area contributed by atoms with Crippen LogP contribution >= 0.6 is 0 Å². The van der Waals surface area contributed by atoms with Crippen molar-refractivity contribution < 1.29 is 19.4 Å². The van der Waals surface area contributed by atoms with E-state index in [1.807, 2.05) is 6.07 Å². The summed E-state index contributed by atoms with van der Waals surface area (Å²) in [6, 6.07) is 5.31. The number of carboxylic acids is 1. The van der Waals surface area contributed by atoms with Gasteiger partial charge in [-0.2, -0.15) is 0 Å². The van der Waals surface area contributed by atoms with Crippen LogP contribution in [0.15, 0.2) is 18.2 Å². The summed E-state index contributed by atoms with van der Waals surface area (Å²) < 4.78 is 5.58. The van der Waals surface area contributed by atoms with Crippen molar-refractivity contribution in [1.29, 1.82) is 0 Å². The van der Waals surface area contributed by atoms with E-state index in [4.69, 9.17) is 9.84 Å². The molecule has 2 N–H and O–H groups in total. The molecule has 1 heterocycles. The average molecular weight is 261 g/mol. The summed E-state index contributed by atoms with van der Waals surface area (Å²) in [5.41, 5.74) is 1.79. The molecule has 0 saturated heterocycles. The van der Waals surface area contributed by atoms with Crippen LogP contribution in [0, 0.1) is 5.92 Å². The third-order valence-corrected chi connectivity index (χ3v) is 3.53. The molecule has 1 saturated carbocycles. The third kappa shape index (κ3) is 2.54. The molecule has 1 aliphatic heterocycles. The molecule has 1 aliphatic carbocycles. The standard InChI is InChI=1S/C14H15NO4/c16-12-6-3-9-7-10(4-5-11(9)15-12)19-13(14(17)18)8-1-2-8/h4-5,7-8,13H,1-3,6H2,(H,15,16)(H,17,18). The molecule has 19 heavy (non-hydrogen) atoms. The van der Waals surface area contributed by atoms with Gasteiger partial charge in [-0.3, -0.25) is 4.79 Å². The average Bonchev–Trinajstić information content (AvgIpc) is 3.20. The number of carboxylic acid groups (broad SMARTS) is 1. The van der Waals surface area contributed by atoms with Crippen LogP contribution in [0.1, 0.15) is 24.8 Å². The Morgan fingerprint density at radius 1 is 1.37 bits per heavy atom. The van der Waals surface area contributed by atoms with Gasteiger partial charge in [0, 0.05) is 18.0 Å². The van der Waals surface area contributed by atoms with Gasteiger partial charge in [-0.05, 0) is 43.0 Å². The highest BCUT2D eigenvalue weighted by Gasteiger charge is 2.38. The molecule has 1 aromatic rings. The summed E-state index contributed by atoms with van der Waals surface area (Å²) in [4.78, 5) is 22.4. The van der Waals surface area contributed by atoms with Crippen LogP contribution in [0.25, 0.3) is 0 Å². The van der Waals surface area contributed by atoms with Crippen LogP contribution in [0.5, 0.6) is 5.75 Å². The molecule has 1 atom stereocenters. The van der Waals surface area contributed by atoms with E-state index in [-0.39, 0.29) is 11.8 Å². The van der Waals surface area contributed by atoms with Gasteiger partial charge in [0.1, 0.15) is 5.75 Å². The summed E-state index contributed by atoms with van der Waals surface area (Å²) in [5, 5.41) is 11.9. The second kappa shape index (κ2) is 4.57. The molecular formula is C14H15NO4. The van der Waals surface area contributed by atoms with Crippen molar-refractivity contribution in [1.82, 2.24) is 0 Å². The quantitative estimate of drug-likeness (QED) is 0.866. The lowest BCUT2D eigenvalue weighted by Crippen LogP contribution is -2.29. The third-order valence-electron chi connectivity index (χ3n) is 3.53. The van der Waals surface area contributed by atoms with E-state index in [0.29, 0.717) is 18.6 Å². The van der Waals surface area contributed by atoms with Gasteiger partial charge >= 0.3 is 5.97 Å².